The molecule has 0 aromatic heterocycles. The van der Waals surface area contributed by atoms with Crippen molar-refractivity contribution in [2.45, 2.75) is 32.1 Å². The van der Waals surface area contributed by atoms with E-state index in [1.54, 1.807) is 0 Å². The van der Waals surface area contributed by atoms with Crippen molar-refractivity contribution in [3.8, 4) is 0 Å². The molecule has 0 unspecified atom stereocenters. The fourth-order valence-corrected chi connectivity index (χ4v) is 2.79. The van der Waals surface area contributed by atoms with Crippen molar-refractivity contribution in [2.24, 2.45) is 0 Å². The van der Waals surface area contributed by atoms with Gasteiger partial charge in [-0.05, 0) is 43.4 Å². The minimum absolute atomic E-state index is 1.01. The molecule has 0 heterocycles. The lowest BCUT2D eigenvalue weighted by Crippen LogP contribution is -1.87. The Bertz CT molecular complexity index is 498. The predicted molar refractivity (Wildman–Crippen MR) is 85.7 cm³/mol. The molecule has 0 aliphatic carbocycles. The third-order valence-corrected chi connectivity index (χ3v) is 4.24. The summed E-state index contributed by atoms with van der Waals surface area (Å²) in [5.41, 5.74) is 4.00. The Labute approximate surface area is 120 Å². The molecule has 0 radical (unpaired) electrons. The van der Waals surface area contributed by atoms with Crippen molar-refractivity contribution in [1.29, 1.82) is 0 Å². The third kappa shape index (κ3) is 4.29. The first kappa shape index (κ1) is 14.0. The number of aryl methyl sites for hydroxylation is 2. The minimum Gasteiger partial charge on any atom is -0.0945 e. The number of hydrogen-bond acceptors (Lipinski definition) is 1. The van der Waals surface area contributed by atoms with Gasteiger partial charge in [-0.3, -0.25) is 0 Å². The molecule has 1 heteroatoms. The van der Waals surface area contributed by atoms with Gasteiger partial charge in [-0.1, -0.05) is 65.4 Å². The Hall–Kier alpha value is -1.47. The Balaban J connectivity index is 2.05. The fourth-order valence-electron chi connectivity index (χ4n) is 1.86. The molecule has 2 rings (SSSR count). The standard InChI is InChI=1S/C18H20S/c1-4-17(13-16-9-5-14(2)6-10-16)19-18-11-7-15(3)8-12-18/h4-12H,13H2,1-3H3/b17-4-. The molecule has 0 atom stereocenters. The molecule has 0 spiro atoms. The van der Waals surface area contributed by atoms with Gasteiger partial charge in [0.15, 0.2) is 0 Å². The van der Waals surface area contributed by atoms with Crippen LogP contribution in [0.2, 0.25) is 0 Å². The summed E-state index contributed by atoms with van der Waals surface area (Å²) >= 11 is 1.86. The highest BCUT2D eigenvalue weighted by Gasteiger charge is 2.02. The molecular formula is C18H20S. The van der Waals surface area contributed by atoms with Crippen molar-refractivity contribution in [3.63, 3.8) is 0 Å². The maximum Gasteiger partial charge on any atom is 0.0119 e. The minimum atomic E-state index is 1.01. The lowest BCUT2D eigenvalue weighted by molar-refractivity contribution is 1.22. The van der Waals surface area contributed by atoms with Gasteiger partial charge in [0.1, 0.15) is 0 Å². The van der Waals surface area contributed by atoms with Crippen LogP contribution in [0.1, 0.15) is 23.6 Å². The average Bonchev–Trinajstić information content (AvgIpc) is 2.43. The molecule has 0 bridgehead atoms. The maximum atomic E-state index is 2.22. The van der Waals surface area contributed by atoms with Gasteiger partial charge in [-0.25, -0.2) is 0 Å². The number of hydrogen-bond donors (Lipinski definition) is 0. The van der Waals surface area contributed by atoms with Crippen molar-refractivity contribution >= 4 is 11.8 Å². The monoisotopic (exact) mass is 268 g/mol. The average molecular weight is 268 g/mol. The summed E-state index contributed by atoms with van der Waals surface area (Å²) in [5.74, 6) is 0. The van der Waals surface area contributed by atoms with Crippen LogP contribution in [-0.4, -0.2) is 0 Å². The summed E-state index contributed by atoms with van der Waals surface area (Å²) < 4.78 is 0. The smallest absolute Gasteiger partial charge is 0.0119 e. The van der Waals surface area contributed by atoms with Gasteiger partial charge in [0, 0.05) is 11.3 Å². The molecule has 0 aliphatic heterocycles. The van der Waals surface area contributed by atoms with Gasteiger partial charge in [-0.15, -0.1) is 0 Å². The molecule has 0 aliphatic rings. The van der Waals surface area contributed by atoms with Crippen LogP contribution >= 0.6 is 11.8 Å². The van der Waals surface area contributed by atoms with Gasteiger partial charge in [0.05, 0.1) is 0 Å². The zero-order chi connectivity index (χ0) is 13.7. The van der Waals surface area contributed by atoms with Gasteiger partial charge in [0.2, 0.25) is 0 Å². The highest BCUT2D eigenvalue weighted by atomic mass is 32.2. The van der Waals surface area contributed by atoms with Crippen LogP contribution in [0.25, 0.3) is 0 Å². The normalized spacial score (nSPS) is 11.6. The summed E-state index contributed by atoms with van der Waals surface area (Å²) in [6.07, 6.45) is 3.22. The van der Waals surface area contributed by atoms with E-state index in [0.29, 0.717) is 0 Å². The van der Waals surface area contributed by atoms with Crippen LogP contribution < -0.4 is 0 Å². The van der Waals surface area contributed by atoms with Crippen LogP contribution in [0.15, 0.2) is 64.4 Å². The zero-order valence-corrected chi connectivity index (χ0v) is 12.6. The molecule has 0 nitrogen and oxygen atoms in total. The van der Waals surface area contributed by atoms with E-state index >= 15 is 0 Å². The van der Waals surface area contributed by atoms with E-state index in [0.717, 1.165) is 6.42 Å². The third-order valence-electron chi connectivity index (χ3n) is 3.09. The topological polar surface area (TPSA) is 0 Å². The summed E-state index contributed by atoms with van der Waals surface area (Å²) in [5, 5.41) is 0. The first-order chi connectivity index (χ1) is 9.17. The molecule has 2 aromatic rings. The van der Waals surface area contributed by atoms with Gasteiger partial charge in [0.25, 0.3) is 0 Å². The molecule has 0 amide bonds. The van der Waals surface area contributed by atoms with Crippen molar-refractivity contribution in [1.82, 2.24) is 0 Å². The van der Waals surface area contributed by atoms with Crippen molar-refractivity contribution in [3.05, 3.63) is 76.2 Å². The van der Waals surface area contributed by atoms with E-state index in [1.807, 2.05) is 11.8 Å². The van der Waals surface area contributed by atoms with Crippen molar-refractivity contribution < 1.29 is 0 Å². The number of rotatable bonds is 4. The molecule has 0 N–H and O–H groups in total. The molecule has 0 saturated carbocycles. The molecule has 0 fully saturated rings. The molecular weight excluding hydrogens is 248 g/mol. The van der Waals surface area contributed by atoms with Crippen LogP contribution in [0.3, 0.4) is 0 Å². The highest BCUT2D eigenvalue weighted by molar-refractivity contribution is 8.03. The van der Waals surface area contributed by atoms with E-state index in [9.17, 15) is 0 Å². The SMILES string of the molecule is C/C=C(/Cc1ccc(C)cc1)Sc1ccc(C)cc1. The van der Waals surface area contributed by atoms with E-state index < -0.39 is 0 Å². The Morgan fingerprint density at radius 2 is 1.42 bits per heavy atom. The van der Waals surface area contributed by atoms with Crippen LogP contribution in [-0.2, 0) is 6.42 Å². The van der Waals surface area contributed by atoms with Crippen LogP contribution in [0.5, 0.6) is 0 Å². The molecule has 2 aromatic carbocycles. The van der Waals surface area contributed by atoms with E-state index in [1.165, 1.54) is 26.5 Å². The first-order valence-corrected chi connectivity index (χ1v) is 7.44. The number of benzene rings is 2. The van der Waals surface area contributed by atoms with Gasteiger partial charge >= 0.3 is 0 Å². The van der Waals surface area contributed by atoms with Gasteiger partial charge < -0.3 is 0 Å². The second-order valence-corrected chi connectivity index (χ2v) is 6.03. The van der Waals surface area contributed by atoms with Crippen LogP contribution in [0, 0.1) is 13.8 Å². The zero-order valence-electron chi connectivity index (χ0n) is 11.8. The first-order valence-electron chi connectivity index (χ1n) is 6.62. The van der Waals surface area contributed by atoms with Crippen molar-refractivity contribution in [2.75, 3.05) is 0 Å². The van der Waals surface area contributed by atoms with E-state index in [2.05, 4.69) is 75.4 Å². The second-order valence-electron chi connectivity index (χ2n) is 4.83. The molecule has 0 saturated heterocycles. The summed E-state index contributed by atoms with van der Waals surface area (Å²) in [6, 6.07) is 17.5. The Morgan fingerprint density at radius 3 is 1.95 bits per heavy atom. The lowest BCUT2D eigenvalue weighted by atomic mass is 10.1. The lowest BCUT2D eigenvalue weighted by Gasteiger charge is -2.08. The largest absolute Gasteiger partial charge is 0.0945 e. The molecule has 98 valence electrons. The quantitative estimate of drug-likeness (QED) is 0.656. The number of thioether (sulfide) groups is 1. The molecule has 19 heavy (non-hydrogen) atoms. The number of allylic oxidation sites excluding steroid dienone is 2. The predicted octanol–water partition coefficient (Wildman–Crippen LogP) is 5.54. The van der Waals surface area contributed by atoms with E-state index in [4.69, 9.17) is 0 Å². The maximum absolute atomic E-state index is 2.22. The Morgan fingerprint density at radius 1 is 0.895 bits per heavy atom. The van der Waals surface area contributed by atoms with Gasteiger partial charge in [-0.2, -0.15) is 0 Å². The van der Waals surface area contributed by atoms with E-state index in [-0.39, 0.29) is 0 Å². The summed E-state index contributed by atoms with van der Waals surface area (Å²) in [7, 11) is 0. The summed E-state index contributed by atoms with van der Waals surface area (Å²) in [4.78, 5) is 2.71. The highest BCUT2D eigenvalue weighted by Crippen LogP contribution is 2.29. The summed E-state index contributed by atoms with van der Waals surface area (Å²) in [6.45, 7) is 6.36. The second kappa shape index (κ2) is 6.63. The Kier molecular flexibility index (Phi) is 4.86. The fraction of sp³-hybridized carbons (Fsp3) is 0.222. The van der Waals surface area contributed by atoms with Crippen LogP contribution in [0.4, 0.5) is 0 Å².